The summed E-state index contributed by atoms with van der Waals surface area (Å²) in [7, 11) is 0. The molecule has 9 heteroatoms. The number of halogens is 1. The first-order chi connectivity index (χ1) is 17.8. The van der Waals surface area contributed by atoms with Crippen LogP contribution in [0.4, 0.5) is 10.1 Å². The van der Waals surface area contributed by atoms with Crippen molar-refractivity contribution in [1.29, 1.82) is 0 Å². The number of hydrogen-bond acceptors (Lipinski definition) is 6. The highest BCUT2D eigenvalue weighted by molar-refractivity contribution is 6.08. The van der Waals surface area contributed by atoms with Crippen LogP contribution in [0.15, 0.2) is 36.4 Å². The van der Waals surface area contributed by atoms with Gasteiger partial charge in [-0.2, -0.15) is 0 Å². The van der Waals surface area contributed by atoms with Gasteiger partial charge in [0.25, 0.3) is 5.91 Å². The van der Waals surface area contributed by atoms with E-state index in [0.29, 0.717) is 28.6 Å². The average Bonchev–Trinajstić information content (AvgIpc) is 2.81. The maximum Gasteiger partial charge on any atom is 0.261 e. The van der Waals surface area contributed by atoms with Crippen molar-refractivity contribution in [2.24, 2.45) is 5.41 Å². The number of imide groups is 2. The van der Waals surface area contributed by atoms with E-state index in [-0.39, 0.29) is 30.8 Å². The number of amides is 4. The molecule has 0 bridgehead atoms. The van der Waals surface area contributed by atoms with Crippen molar-refractivity contribution >= 4 is 29.8 Å². The summed E-state index contributed by atoms with van der Waals surface area (Å²) in [6.45, 7) is 4.93. The molecule has 0 radical (unpaired) electrons. The topological polar surface area (TPSA) is 98.8 Å². The molecule has 1 atom stereocenters. The molecule has 2 aliphatic heterocycles. The predicted octanol–water partition coefficient (Wildman–Crippen LogP) is 3.14. The van der Waals surface area contributed by atoms with Gasteiger partial charge in [-0.05, 0) is 60.9 Å². The molecule has 3 aliphatic rings. The number of anilines is 1. The Hall–Kier alpha value is -3.59. The minimum Gasteiger partial charge on any atom is -0.381 e. The third-order valence-corrected chi connectivity index (χ3v) is 7.98. The highest BCUT2D eigenvalue weighted by Crippen LogP contribution is 2.48. The highest BCUT2D eigenvalue weighted by atomic mass is 19.1. The molecule has 37 heavy (non-hydrogen) atoms. The number of likely N-dealkylation sites (tertiary alicyclic amines) is 1. The van der Waals surface area contributed by atoms with Gasteiger partial charge < -0.3 is 5.32 Å². The molecule has 2 N–H and O–H groups in total. The van der Waals surface area contributed by atoms with E-state index in [1.807, 2.05) is 6.07 Å². The Morgan fingerprint density at radius 1 is 1.24 bits per heavy atom. The maximum atomic E-state index is 14.9. The molecule has 194 valence electrons. The van der Waals surface area contributed by atoms with Crippen LogP contribution in [-0.4, -0.2) is 53.1 Å². The first kappa shape index (κ1) is 25.1. The quantitative estimate of drug-likeness (QED) is 0.422. The van der Waals surface area contributed by atoms with Gasteiger partial charge in [-0.3, -0.25) is 34.3 Å². The van der Waals surface area contributed by atoms with Crippen molar-refractivity contribution in [2.45, 2.75) is 58.2 Å². The molecule has 4 amide bonds. The molecule has 1 unspecified atom stereocenters. The number of rotatable bonds is 8. The summed E-state index contributed by atoms with van der Waals surface area (Å²) in [5.41, 5.74) is 3.46. The minimum absolute atomic E-state index is 0.0533. The molecule has 1 aliphatic carbocycles. The molecule has 1 saturated carbocycles. The lowest BCUT2D eigenvalue weighted by Crippen LogP contribution is -2.58. The smallest absolute Gasteiger partial charge is 0.261 e. The molecule has 0 aromatic heterocycles. The third kappa shape index (κ3) is 5.00. The summed E-state index contributed by atoms with van der Waals surface area (Å²) < 4.78 is 14.9. The summed E-state index contributed by atoms with van der Waals surface area (Å²) in [6, 6.07) is 9.31. The molecule has 2 aromatic carbocycles. The predicted molar refractivity (Wildman–Crippen MR) is 135 cm³/mol. The van der Waals surface area contributed by atoms with Crippen LogP contribution in [0.5, 0.6) is 0 Å². The van der Waals surface area contributed by atoms with Crippen LogP contribution in [0.3, 0.4) is 0 Å². The minimum atomic E-state index is -1.04. The normalized spacial score (nSPS) is 20.5. The van der Waals surface area contributed by atoms with Gasteiger partial charge in [0.05, 0.1) is 0 Å². The van der Waals surface area contributed by atoms with E-state index in [4.69, 9.17) is 0 Å². The van der Waals surface area contributed by atoms with Crippen LogP contribution in [0.2, 0.25) is 0 Å². The van der Waals surface area contributed by atoms with Crippen LogP contribution in [0.1, 0.15) is 59.2 Å². The van der Waals surface area contributed by atoms with Crippen LogP contribution >= 0.6 is 0 Å². The van der Waals surface area contributed by atoms with Gasteiger partial charge in [-0.1, -0.05) is 24.6 Å². The Bertz CT molecular complexity index is 1250. The Balaban J connectivity index is 1.23. The highest BCUT2D eigenvalue weighted by Gasteiger charge is 2.46. The van der Waals surface area contributed by atoms with E-state index in [2.05, 4.69) is 15.5 Å². The summed E-state index contributed by atoms with van der Waals surface area (Å²) in [5.74, 6) is -2.00. The molecular formula is C28H31FN4O4. The fraction of sp³-hybridized carbons (Fsp3) is 0.429. The lowest BCUT2D eigenvalue weighted by atomic mass is 9.63. The number of hydrogen-bond donors (Lipinski definition) is 2. The molecule has 3 fully saturated rings. The number of nitrogens with one attached hydrogen (secondary N) is 2. The molecule has 1 spiro atoms. The number of nitrogens with zero attached hydrogens (tertiary/aromatic N) is 2. The van der Waals surface area contributed by atoms with E-state index >= 15 is 0 Å². The lowest BCUT2D eigenvalue weighted by Gasteiger charge is -2.56. The van der Waals surface area contributed by atoms with Crippen molar-refractivity contribution < 1.29 is 23.6 Å². The van der Waals surface area contributed by atoms with Gasteiger partial charge in [0.15, 0.2) is 0 Å². The van der Waals surface area contributed by atoms with Gasteiger partial charge in [-0.15, -0.1) is 0 Å². The van der Waals surface area contributed by atoms with E-state index in [9.17, 15) is 23.6 Å². The zero-order valence-electron chi connectivity index (χ0n) is 20.9. The zero-order chi connectivity index (χ0) is 26.2. The van der Waals surface area contributed by atoms with Crippen molar-refractivity contribution in [3.63, 3.8) is 0 Å². The second-order valence-corrected chi connectivity index (χ2v) is 10.5. The van der Waals surface area contributed by atoms with Gasteiger partial charge in [0.2, 0.25) is 18.2 Å². The van der Waals surface area contributed by atoms with E-state index in [0.717, 1.165) is 30.1 Å². The number of benzene rings is 2. The Kier molecular flexibility index (Phi) is 6.81. The molecule has 5 rings (SSSR count). The zero-order valence-corrected chi connectivity index (χ0v) is 20.9. The monoisotopic (exact) mass is 506 g/mol. The summed E-state index contributed by atoms with van der Waals surface area (Å²) >= 11 is 0. The third-order valence-electron chi connectivity index (χ3n) is 7.98. The van der Waals surface area contributed by atoms with Gasteiger partial charge in [0.1, 0.15) is 11.9 Å². The number of carbonyl (C=O) groups is 4. The number of carbonyl (C=O) groups excluding carboxylic acids is 4. The van der Waals surface area contributed by atoms with Crippen LogP contribution in [0, 0.1) is 18.2 Å². The van der Waals surface area contributed by atoms with Crippen LogP contribution < -0.4 is 10.6 Å². The number of piperidine rings is 1. The summed E-state index contributed by atoms with van der Waals surface area (Å²) in [4.78, 5) is 51.7. The molecule has 2 heterocycles. The molecular weight excluding hydrogens is 475 g/mol. The molecule has 2 saturated heterocycles. The van der Waals surface area contributed by atoms with Crippen molar-refractivity contribution in [3.05, 3.63) is 64.5 Å². The summed E-state index contributed by atoms with van der Waals surface area (Å²) in [6.07, 6.45) is 4.43. The fourth-order valence-electron chi connectivity index (χ4n) is 5.70. The average molecular weight is 507 g/mol. The van der Waals surface area contributed by atoms with Crippen LogP contribution in [0.25, 0.3) is 0 Å². The lowest BCUT2D eigenvalue weighted by molar-refractivity contribution is -0.139. The van der Waals surface area contributed by atoms with Crippen molar-refractivity contribution in [3.8, 4) is 0 Å². The van der Waals surface area contributed by atoms with E-state index in [1.54, 1.807) is 37.3 Å². The van der Waals surface area contributed by atoms with Crippen molar-refractivity contribution in [1.82, 2.24) is 15.1 Å². The summed E-state index contributed by atoms with van der Waals surface area (Å²) in [5, 5.41) is 5.36. The fourth-order valence-corrected chi connectivity index (χ4v) is 5.70. The van der Waals surface area contributed by atoms with Gasteiger partial charge in [0, 0.05) is 49.4 Å². The maximum absolute atomic E-state index is 14.9. The standard InChI is InChI=1S/C28H31FN4O4/c1-18-21(27(37)33(17-34)24-8-9-25(35)31-26(24)36)4-2-5-23(18)30-13-20-7-6-19(12-22(20)29)14-32-15-28(16-32)10-3-11-28/h2,4-7,12,17,24,30H,3,8-11,13-16H2,1H3,(H,31,35,36). The second-order valence-electron chi connectivity index (χ2n) is 10.5. The molecule has 2 aromatic rings. The molecule has 8 nitrogen and oxygen atoms in total. The largest absolute Gasteiger partial charge is 0.381 e. The second kappa shape index (κ2) is 10.0. The Labute approximate surface area is 215 Å². The van der Waals surface area contributed by atoms with E-state index < -0.39 is 23.8 Å². The van der Waals surface area contributed by atoms with Crippen LogP contribution in [-0.2, 0) is 27.5 Å². The Morgan fingerprint density at radius 2 is 2.03 bits per heavy atom. The van der Waals surface area contributed by atoms with Crippen molar-refractivity contribution in [2.75, 3.05) is 18.4 Å². The van der Waals surface area contributed by atoms with Gasteiger partial charge >= 0.3 is 0 Å². The van der Waals surface area contributed by atoms with Gasteiger partial charge in [-0.25, -0.2) is 4.39 Å². The SMILES string of the molecule is Cc1c(NCc2ccc(CN3CC4(CCC4)C3)cc2F)cccc1C(=O)N(C=O)C1CCC(=O)NC1=O. The first-order valence-corrected chi connectivity index (χ1v) is 12.7. The first-order valence-electron chi connectivity index (χ1n) is 12.7. The van der Waals surface area contributed by atoms with E-state index in [1.165, 1.54) is 19.3 Å². The Morgan fingerprint density at radius 3 is 2.68 bits per heavy atom.